The Bertz CT molecular complexity index is 599. The van der Waals surface area contributed by atoms with Gasteiger partial charge in [-0.3, -0.25) is 4.79 Å². The zero-order valence-electron chi connectivity index (χ0n) is 9.86. The van der Waals surface area contributed by atoms with E-state index < -0.39 is 11.6 Å². The number of benzene rings is 2. The van der Waals surface area contributed by atoms with E-state index in [9.17, 15) is 9.18 Å². The summed E-state index contributed by atoms with van der Waals surface area (Å²) in [7, 11) is 0. The molecule has 98 valence electrons. The van der Waals surface area contributed by atoms with Crippen LogP contribution in [0.4, 0.5) is 10.1 Å². The van der Waals surface area contributed by atoms with Crippen LogP contribution in [0.5, 0.6) is 5.75 Å². The first-order chi connectivity index (χ1) is 9.10. The van der Waals surface area contributed by atoms with E-state index >= 15 is 0 Å². The van der Waals surface area contributed by atoms with Crippen LogP contribution >= 0.6 is 11.6 Å². The summed E-state index contributed by atoms with van der Waals surface area (Å²) in [6.07, 6.45) is 0. The monoisotopic (exact) mass is 279 g/mol. The van der Waals surface area contributed by atoms with Crippen LogP contribution in [-0.2, 0) is 5.88 Å². The van der Waals surface area contributed by atoms with Crippen LogP contribution < -0.4 is 5.32 Å². The van der Waals surface area contributed by atoms with Crippen LogP contribution in [0.25, 0.3) is 0 Å². The van der Waals surface area contributed by atoms with Crippen molar-refractivity contribution < 1.29 is 14.3 Å². The van der Waals surface area contributed by atoms with Crippen molar-refractivity contribution in [1.29, 1.82) is 0 Å². The number of carbonyl (C=O) groups excluding carboxylic acids is 1. The number of carbonyl (C=O) groups is 1. The molecule has 0 atom stereocenters. The molecular weight excluding hydrogens is 269 g/mol. The summed E-state index contributed by atoms with van der Waals surface area (Å²) >= 11 is 5.65. The smallest absolute Gasteiger partial charge is 0.255 e. The van der Waals surface area contributed by atoms with Crippen LogP contribution in [0.3, 0.4) is 0 Å². The number of hydrogen-bond acceptors (Lipinski definition) is 2. The molecule has 0 unspecified atom stereocenters. The lowest BCUT2D eigenvalue weighted by atomic mass is 10.1. The van der Waals surface area contributed by atoms with E-state index in [0.29, 0.717) is 11.4 Å². The van der Waals surface area contributed by atoms with E-state index in [-0.39, 0.29) is 11.6 Å². The highest BCUT2D eigenvalue weighted by Gasteiger charge is 2.08. The number of anilines is 1. The van der Waals surface area contributed by atoms with Gasteiger partial charge >= 0.3 is 0 Å². The molecule has 0 aliphatic rings. The first kappa shape index (κ1) is 13.4. The lowest BCUT2D eigenvalue weighted by molar-refractivity contribution is 0.102. The molecule has 19 heavy (non-hydrogen) atoms. The second-order valence-corrected chi connectivity index (χ2v) is 4.22. The minimum atomic E-state index is -0.782. The van der Waals surface area contributed by atoms with Crippen LogP contribution in [-0.4, -0.2) is 11.0 Å². The van der Waals surface area contributed by atoms with E-state index in [1.54, 1.807) is 24.3 Å². The second-order valence-electron chi connectivity index (χ2n) is 3.95. The van der Waals surface area contributed by atoms with Crippen molar-refractivity contribution in [3.8, 4) is 5.75 Å². The van der Waals surface area contributed by atoms with Gasteiger partial charge in [0.1, 0.15) is 0 Å². The lowest BCUT2D eigenvalue weighted by Crippen LogP contribution is -2.11. The number of aromatic hydroxyl groups is 1. The average molecular weight is 280 g/mol. The maximum absolute atomic E-state index is 13.1. The highest BCUT2D eigenvalue weighted by atomic mass is 35.5. The molecule has 3 nitrogen and oxygen atoms in total. The number of alkyl halides is 1. The fourth-order valence-electron chi connectivity index (χ4n) is 1.53. The molecule has 0 heterocycles. The van der Waals surface area contributed by atoms with E-state index in [4.69, 9.17) is 16.7 Å². The molecule has 0 fully saturated rings. The quantitative estimate of drug-likeness (QED) is 0.667. The molecular formula is C14H11ClFNO2. The number of amides is 1. The fraction of sp³-hybridized carbons (Fsp3) is 0.0714. The molecule has 0 aliphatic carbocycles. The third kappa shape index (κ3) is 3.23. The van der Waals surface area contributed by atoms with Crippen LogP contribution in [0.1, 0.15) is 15.9 Å². The van der Waals surface area contributed by atoms with E-state index in [1.807, 2.05) is 0 Å². The molecule has 0 aromatic heterocycles. The fourth-order valence-corrected chi connectivity index (χ4v) is 1.71. The zero-order chi connectivity index (χ0) is 13.8. The Labute approximate surface area is 114 Å². The van der Waals surface area contributed by atoms with Crippen molar-refractivity contribution in [2.24, 2.45) is 0 Å². The van der Waals surface area contributed by atoms with Gasteiger partial charge in [0.15, 0.2) is 11.6 Å². The van der Waals surface area contributed by atoms with Crippen LogP contribution in [0.15, 0.2) is 42.5 Å². The molecule has 2 N–H and O–H groups in total. The van der Waals surface area contributed by atoms with Gasteiger partial charge in [-0.15, -0.1) is 11.6 Å². The Morgan fingerprint density at radius 1 is 1.21 bits per heavy atom. The molecule has 0 aliphatic heterocycles. The summed E-state index contributed by atoms with van der Waals surface area (Å²) in [6, 6.07) is 10.4. The lowest BCUT2D eigenvalue weighted by Gasteiger charge is -2.06. The van der Waals surface area contributed by atoms with Crippen molar-refractivity contribution in [1.82, 2.24) is 0 Å². The van der Waals surface area contributed by atoms with Crippen molar-refractivity contribution in [3.63, 3.8) is 0 Å². The Morgan fingerprint density at radius 3 is 2.47 bits per heavy atom. The van der Waals surface area contributed by atoms with Gasteiger partial charge in [0.05, 0.1) is 0 Å². The predicted octanol–water partition coefficient (Wildman–Crippen LogP) is 3.52. The maximum Gasteiger partial charge on any atom is 0.255 e. The maximum atomic E-state index is 13.1. The van der Waals surface area contributed by atoms with E-state index in [2.05, 4.69) is 5.32 Å². The van der Waals surface area contributed by atoms with Crippen molar-refractivity contribution in [3.05, 3.63) is 59.4 Å². The SMILES string of the molecule is O=C(Nc1ccc(O)c(F)c1)c1ccc(CCl)cc1. The Balaban J connectivity index is 2.13. The highest BCUT2D eigenvalue weighted by Crippen LogP contribution is 2.20. The molecule has 2 aromatic carbocycles. The Hall–Kier alpha value is -2.07. The van der Waals surface area contributed by atoms with Gasteiger partial charge in [-0.2, -0.15) is 0 Å². The third-order valence-electron chi connectivity index (χ3n) is 2.58. The van der Waals surface area contributed by atoms with Crippen molar-refractivity contribution in [2.75, 3.05) is 5.32 Å². The number of nitrogens with one attached hydrogen (secondary N) is 1. The third-order valence-corrected chi connectivity index (χ3v) is 2.88. The Kier molecular flexibility index (Phi) is 4.02. The second kappa shape index (κ2) is 5.71. The molecule has 0 radical (unpaired) electrons. The zero-order valence-corrected chi connectivity index (χ0v) is 10.6. The van der Waals surface area contributed by atoms with Gasteiger partial charge in [0.25, 0.3) is 5.91 Å². The largest absolute Gasteiger partial charge is 0.505 e. The summed E-state index contributed by atoms with van der Waals surface area (Å²) in [6.45, 7) is 0. The molecule has 2 rings (SSSR count). The number of rotatable bonds is 3. The summed E-state index contributed by atoms with van der Waals surface area (Å²) < 4.78 is 13.1. The number of phenols is 1. The van der Waals surface area contributed by atoms with Crippen LogP contribution in [0, 0.1) is 5.82 Å². The van der Waals surface area contributed by atoms with Crippen molar-refractivity contribution >= 4 is 23.2 Å². The van der Waals surface area contributed by atoms with Gasteiger partial charge in [0, 0.05) is 23.2 Å². The molecule has 0 saturated carbocycles. The highest BCUT2D eigenvalue weighted by molar-refractivity contribution is 6.17. The van der Waals surface area contributed by atoms with Crippen molar-refractivity contribution in [2.45, 2.75) is 5.88 Å². The first-order valence-electron chi connectivity index (χ1n) is 5.55. The van der Waals surface area contributed by atoms with E-state index in [1.165, 1.54) is 12.1 Å². The molecule has 0 spiro atoms. The van der Waals surface area contributed by atoms with Gasteiger partial charge in [-0.1, -0.05) is 12.1 Å². The minimum Gasteiger partial charge on any atom is -0.505 e. The molecule has 0 saturated heterocycles. The number of phenolic OH excluding ortho intramolecular Hbond substituents is 1. The molecule has 0 bridgehead atoms. The summed E-state index contributed by atoms with van der Waals surface area (Å²) in [5.41, 5.74) is 1.64. The summed E-state index contributed by atoms with van der Waals surface area (Å²) in [5, 5.41) is 11.6. The standard InChI is InChI=1S/C14H11ClFNO2/c15-8-9-1-3-10(4-2-9)14(19)17-11-5-6-13(18)12(16)7-11/h1-7,18H,8H2,(H,17,19). The number of hydrogen-bond donors (Lipinski definition) is 2. The topological polar surface area (TPSA) is 49.3 Å². The molecule has 1 amide bonds. The normalized spacial score (nSPS) is 10.2. The van der Waals surface area contributed by atoms with Gasteiger partial charge in [-0.05, 0) is 29.8 Å². The Morgan fingerprint density at radius 2 is 1.89 bits per heavy atom. The molecule has 5 heteroatoms. The number of halogens is 2. The summed E-state index contributed by atoms with van der Waals surface area (Å²) in [5.74, 6) is -1.21. The molecule has 2 aromatic rings. The average Bonchev–Trinajstić information content (AvgIpc) is 2.43. The summed E-state index contributed by atoms with van der Waals surface area (Å²) in [4.78, 5) is 11.9. The van der Waals surface area contributed by atoms with Gasteiger partial charge in [0.2, 0.25) is 0 Å². The van der Waals surface area contributed by atoms with E-state index in [0.717, 1.165) is 11.6 Å². The minimum absolute atomic E-state index is 0.279. The van der Waals surface area contributed by atoms with Gasteiger partial charge < -0.3 is 10.4 Å². The first-order valence-corrected chi connectivity index (χ1v) is 6.08. The van der Waals surface area contributed by atoms with Gasteiger partial charge in [-0.25, -0.2) is 4.39 Å². The van der Waals surface area contributed by atoms with Crippen LogP contribution in [0.2, 0.25) is 0 Å². The predicted molar refractivity (Wildman–Crippen MR) is 72.0 cm³/mol.